The van der Waals surface area contributed by atoms with Crippen LogP contribution in [0.15, 0.2) is 47.3 Å². The summed E-state index contributed by atoms with van der Waals surface area (Å²) in [6.07, 6.45) is 2.66. The summed E-state index contributed by atoms with van der Waals surface area (Å²) in [4.78, 5) is 26.2. The second-order valence-electron chi connectivity index (χ2n) is 9.25. The standard InChI is InChI=1S/C24H32N2O2.C2HF3O2/c1-3-26(4-2)23(27)15-20-16-24(22-8-6-5-7-21(20)22)10-12-25(13-11-24)17-19-9-14-28-18-19;3-2(4,5)1(6)7/h5-9,14,18,20H,3-4,10-13,15-17H2,1-2H3;(H,6,7). The zero-order valence-electron chi connectivity index (χ0n) is 20.2. The van der Waals surface area contributed by atoms with Crippen LogP contribution in [0.3, 0.4) is 0 Å². The Hall–Kier alpha value is -2.81. The number of halogens is 3. The number of likely N-dealkylation sites (tertiary alicyclic amines) is 1. The van der Waals surface area contributed by atoms with Gasteiger partial charge < -0.3 is 14.4 Å². The SMILES string of the molecule is CCN(CC)C(=O)CC1CC2(CCN(Cc3ccoc3)CC2)c2ccccc21.O=C(O)C(F)(F)F. The highest BCUT2D eigenvalue weighted by molar-refractivity contribution is 5.77. The average Bonchev–Trinajstić information content (AvgIpc) is 3.43. The van der Waals surface area contributed by atoms with E-state index >= 15 is 0 Å². The Morgan fingerprint density at radius 1 is 1.14 bits per heavy atom. The molecular formula is C26H33F3N2O4. The van der Waals surface area contributed by atoms with Crippen LogP contribution in [0, 0.1) is 0 Å². The molecule has 1 aliphatic carbocycles. The second-order valence-corrected chi connectivity index (χ2v) is 9.25. The molecule has 2 aromatic rings. The highest BCUT2D eigenvalue weighted by Crippen LogP contribution is 2.52. The number of nitrogens with zero attached hydrogens (tertiary/aromatic N) is 2. The summed E-state index contributed by atoms with van der Waals surface area (Å²) in [5.41, 5.74) is 4.43. The molecule has 1 aromatic carbocycles. The summed E-state index contributed by atoms with van der Waals surface area (Å²) in [7, 11) is 0. The number of carboxylic acids is 1. The van der Waals surface area contributed by atoms with Crippen LogP contribution in [0.1, 0.15) is 62.1 Å². The minimum atomic E-state index is -5.08. The van der Waals surface area contributed by atoms with E-state index in [0.717, 1.165) is 39.1 Å². The number of alkyl halides is 3. The number of aliphatic carboxylic acids is 1. The molecule has 1 aliphatic heterocycles. The Labute approximate surface area is 203 Å². The van der Waals surface area contributed by atoms with E-state index in [1.807, 2.05) is 11.2 Å². The molecule has 1 N–H and O–H groups in total. The predicted molar refractivity (Wildman–Crippen MR) is 125 cm³/mol. The molecule has 6 nitrogen and oxygen atoms in total. The van der Waals surface area contributed by atoms with Gasteiger partial charge >= 0.3 is 12.1 Å². The number of carbonyl (C=O) groups excluding carboxylic acids is 1. The molecule has 1 spiro atoms. The third-order valence-corrected chi connectivity index (χ3v) is 7.19. The molecular weight excluding hydrogens is 461 g/mol. The molecule has 0 bridgehead atoms. The Morgan fingerprint density at radius 3 is 2.31 bits per heavy atom. The van der Waals surface area contributed by atoms with Crippen LogP contribution in [0.2, 0.25) is 0 Å². The summed E-state index contributed by atoms with van der Waals surface area (Å²) in [5, 5.41) is 7.12. The summed E-state index contributed by atoms with van der Waals surface area (Å²) < 4.78 is 37.0. The van der Waals surface area contributed by atoms with Crippen LogP contribution >= 0.6 is 0 Å². The number of hydrogen-bond acceptors (Lipinski definition) is 4. The number of rotatable bonds is 6. The van der Waals surface area contributed by atoms with Crippen LogP contribution < -0.4 is 0 Å². The normalized spacial score (nSPS) is 19.1. The summed E-state index contributed by atoms with van der Waals surface area (Å²) in [5.74, 6) is -2.09. The van der Waals surface area contributed by atoms with E-state index in [1.165, 1.54) is 29.5 Å². The molecule has 35 heavy (non-hydrogen) atoms. The van der Waals surface area contributed by atoms with E-state index in [0.29, 0.717) is 18.2 Å². The van der Waals surface area contributed by atoms with Crippen LogP contribution in [-0.2, 0) is 21.5 Å². The fourth-order valence-corrected chi connectivity index (χ4v) is 5.38. The number of carboxylic acid groups (broad SMARTS) is 1. The predicted octanol–water partition coefficient (Wildman–Crippen LogP) is 5.19. The Bertz CT molecular complexity index is 979. The van der Waals surface area contributed by atoms with Crippen molar-refractivity contribution in [2.24, 2.45) is 0 Å². The number of fused-ring (bicyclic) bond motifs is 2. The lowest BCUT2D eigenvalue weighted by molar-refractivity contribution is -0.192. The minimum Gasteiger partial charge on any atom is -0.475 e. The van der Waals surface area contributed by atoms with Crippen molar-refractivity contribution in [3.8, 4) is 0 Å². The Kier molecular flexibility index (Phi) is 8.64. The summed E-state index contributed by atoms with van der Waals surface area (Å²) in [6, 6.07) is 11.0. The summed E-state index contributed by atoms with van der Waals surface area (Å²) in [6.45, 7) is 8.93. The zero-order valence-corrected chi connectivity index (χ0v) is 20.2. The number of piperidine rings is 1. The highest BCUT2D eigenvalue weighted by atomic mass is 19.4. The monoisotopic (exact) mass is 494 g/mol. The van der Waals surface area contributed by atoms with Crippen LogP contribution in [0.4, 0.5) is 13.2 Å². The van der Waals surface area contributed by atoms with Gasteiger partial charge in [0, 0.05) is 31.6 Å². The second kappa shape index (κ2) is 11.3. The van der Waals surface area contributed by atoms with Crippen molar-refractivity contribution in [3.63, 3.8) is 0 Å². The van der Waals surface area contributed by atoms with Crippen molar-refractivity contribution >= 4 is 11.9 Å². The van der Waals surface area contributed by atoms with Crippen molar-refractivity contribution in [3.05, 3.63) is 59.5 Å². The Balaban J connectivity index is 0.000000429. The van der Waals surface area contributed by atoms with Crippen molar-refractivity contribution in [1.82, 2.24) is 9.80 Å². The lowest BCUT2D eigenvalue weighted by Gasteiger charge is -2.40. The quantitative estimate of drug-likeness (QED) is 0.598. The van der Waals surface area contributed by atoms with Gasteiger partial charge in [0.2, 0.25) is 5.91 Å². The molecule has 1 saturated heterocycles. The van der Waals surface area contributed by atoms with Crippen molar-refractivity contribution in [1.29, 1.82) is 0 Å². The molecule has 0 saturated carbocycles. The molecule has 4 rings (SSSR count). The first-order valence-corrected chi connectivity index (χ1v) is 12.0. The van der Waals surface area contributed by atoms with Gasteiger partial charge in [-0.25, -0.2) is 4.79 Å². The first-order valence-electron chi connectivity index (χ1n) is 12.0. The van der Waals surface area contributed by atoms with E-state index in [2.05, 4.69) is 49.1 Å². The van der Waals surface area contributed by atoms with Gasteiger partial charge in [0.05, 0.1) is 12.5 Å². The number of carbonyl (C=O) groups is 2. The third-order valence-electron chi connectivity index (χ3n) is 7.19. The molecule has 2 heterocycles. The largest absolute Gasteiger partial charge is 0.490 e. The number of amides is 1. The number of hydrogen-bond donors (Lipinski definition) is 1. The van der Waals surface area contributed by atoms with Crippen molar-refractivity contribution in [2.45, 2.75) is 63.6 Å². The molecule has 0 radical (unpaired) electrons. The highest BCUT2D eigenvalue weighted by Gasteiger charge is 2.45. The first-order chi connectivity index (χ1) is 16.6. The van der Waals surface area contributed by atoms with Crippen LogP contribution in [-0.4, -0.2) is 59.1 Å². The molecule has 1 atom stereocenters. The molecule has 1 aromatic heterocycles. The van der Waals surface area contributed by atoms with Crippen LogP contribution in [0.5, 0.6) is 0 Å². The van der Waals surface area contributed by atoms with Gasteiger partial charge in [0.25, 0.3) is 0 Å². The topological polar surface area (TPSA) is 74.0 Å². The molecule has 2 aliphatic rings. The van der Waals surface area contributed by atoms with Crippen molar-refractivity contribution < 1.29 is 32.3 Å². The lowest BCUT2D eigenvalue weighted by atomic mass is 9.73. The van der Waals surface area contributed by atoms with E-state index in [4.69, 9.17) is 14.3 Å². The lowest BCUT2D eigenvalue weighted by Crippen LogP contribution is -2.41. The van der Waals surface area contributed by atoms with Gasteiger partial charge in [-0.15, -0.1) is 0 Å². The molecule has 9 heteroatoms. The zero-order chi connectivity index (χ0) is 25.6. The maximum atomic E-state index is 12.8. The molecule has 1 fully saturated rings. The smallest absolute Gasteiger partial charge is 0.475 e. The molecule has 192 valence electrons. The number of benzene rings is 1. The van der Waals surface area contributed by atoms with E-state index in [1.54, 1.807) is 6.26 Å². The van der Waals surface area contributed by atoms with Gasteiger partial charge in [-0.2, -0.15) is 13.2 Å². The van der Waals surface area contributed by atoms with Gasteiger partial charge in [-0.1, -0.05) is 24.3 Å². The van der Waals surface area contributed by atoms with Crippen molar-refractivity contribution in [2.75, 3.05) is 26.2 Å². The van der Waals surface area contributed by atoms with E-state index in [-0.39, 0.29) is 5.41 Å². The fourth-order valence-electron chi connectivity index (χ4n) is 5.38. The fraction of sp³-hybridized carbons (Fsp3) is 0.538. The van der Waals surface area contributed by atoms with Crippen LogP contribution in [0.25, 0.3) is 0 Å². The summed E-state index contributed by atoms with van der Waals surface area (Å²) >= 11 is 0. The van der Waals surface area contributed by atoms with E-state index in [9.17, 15) is 18.0 Å². The van der Waals surface area contributed by atoms with Gasteiger partial charge in [0.1, 0.15) is 0 Å². The van der Waals surface area contributed by atoms with E-state index < -0.39 is 12.1 Å². The minimum absolute atomic E-state index is 0.248. The average molecular weight is 495 g/mol. The van der Waals surface area contributed by atoms with Gasteiger partial charge in [-0.05, 0) is 74.7 Å². The molecule has 1 amide bonds. The Morgan fingerprint density at radius 2 is 1.77 bits per heavy atom. The number of furan rings is 1. The van der Waals surface area contributed by atoms with Gasteiger partial charge in [0.15, 0.2) is 0 Å². The maximum Gasteiger partial charge on any atom is 0.490 e. The first kappa shape index (κ1) is 26.8. The van der Waals surface area contributed by atoms with Gasteiger partial charge in [-0.3, -0.25) is 9.69 Å². The maximum absolute atomic E-state index is 12.8. The molecule has 1 unspecified atom stereocenters. The third kappa shape index (κ3) is 6.45.